The lowest BCUT2D eigenvalue weighted by Crippen LogP contribution is -2.02. The highest BCUT2D eigenvalue weighted by Crippen LogP contribution is 2.33. The lowest BCUT2D eigenvalue weighted by molar-refractivity contribution is 0.0699. The molecule has 8 heteroatoms. The SMILES string of the molecule is Nc1ncc(C(=O)O)c2scc(COc3cccc(OCc4cccc(Cl)c4)c3)c12. The number of ether oxygens (including phenoxy) is 2. The maximum atomic E-state index is 11.4. The zero-order valence-electron chi connectivity index (χ0n) is 15.7. The van der Waals surface area contributed by atoms with Crippen molar-refractivity contribution < 1.29 is 19.4 Å². The van der Waals surface area contributed by atoms with Crippen molar-refractivity contribution in [1.82, 2.24) is 4.98 Å². The number of benzene rings is 2. The summed E-state index contributed by atoms with van der Waals surface area (Å²) in [6.45, 7) is 0.617. The average molecular weight is 441 g/mol. The van der Waals surface area contributed by atoms with Crippen LogP contribution in [0, 0.1) is 0 Å². The fourth-order valence-corrected chi connectivity index (χ4v) is 4.28. The summed E-state index contributed by atoms with van der Waals surface area (Å²) in [5.41, 5.74) is 7.87. The fourth-order valence-electron chi connectivity index (χ4n) is 3.00. The van der Waals surface area contributed by atoms with E-state index in [4.69, 9.17) is 26.8 Å². The molecule has 4 rings (SSSR count). The van der Waals surface area contributed by atoms with Crippen LogP contribution in [-0.4, -0.2) is 16.1 Å². The van der Waals surface area contributed by atoms with Crippen LogP contribution in [0.5, 0.6) is 11.5 Å². The van der Waals surface area contributed by atoms with Gasteiger partial charge < -0.3 is 20.3 Å². The maximum absolute atomic E-state index is 11.4. The molecule has 0 aliphatic carbocycles. The minimum atomic E-state index is -1.04. The quantitative estimate of drug-likeness (QED) is 0.400. The van der Waals surface area contributed by atoms with Crippen LogP contribution in [0.25, 0.3) is 10.1 Å². The Morgan fingerprint density at radius 2 is 1.83 bits per heavy atom. The normalized spacial score (nSPS) is 10.8. The van der Waals surface area contributed by atoms with Crippen LogP contribution in [0.4, 0.5) is 5.82 Å². The molecule has 0 bridgehead atoms. The number of fused-ring (bicyclic) bond motifs is 1. The molecule has 3 N–H and O–H groups in total. The minimum Gasteiger partial charge on any atom is -0.489 e. The van der Waals surface area contributed by atoms with E-state index in [0.29, 0.717) is 33.2 Å². The second-order valence-corrected chi connectivity index (χ2v) is 7.83. The number of carbonyl (C=O) groups is 1. The van der Waals surface area contributed by atoms with Gasteiger partial charge in [-0.25, -0.2) is 9.78 Å². The summed E-state index contributed by atoms with van der Waals surface area (Å²) in [5.74, 6) is 0.538. The molecule has 2 aromatic carbocycles. The molecule has 4 aromatic rings. The Morgan fingerprint density at radius 1 is 1.10 bits per heavy atom. The summed E-state index contributed by atoms with van der Waals surface area (Å²) in [4.78, 5) is 15.4. The molecule has 0 fully saturated rings. The molecular weight excluding hydrogens is 424 g/mol. The number of carboxylic acid groups (broad SMARTS) is 1. The molecule has 0 radical (unpaired) electrons. The van der Waals surface area contributed by atoms with Gasteiger partial charge in [-0.15, -0.1) is 11.3 Å². The van der Waals surface area contributed by atoms with Gasteiger partial charge in [0, 0.05) is 28.2 Å². The Labute approximate surface area is 181 Å². The fraction of sp³-hybridized carbons (Fsp3) is 0.0909. The van der Waals surface area contributed by atoms with Gasteiger partial charge in [0.15, 0.2) is 0 Å². The number of nitrogens with zero attached hydrogens (tertiary/aromatic N) is 1. The summed E-state index contributed by atoms with van der Waals surface area (Å²) in [5, 5.41) is 12.5. The largest absolute Gasteiger partial charge is 0.489 e. The molecule has 30 heavy (non-hydrogen) atoms. The van der Waals surface area contributed by atoms with Gasteiger partial charge in [-0.1, -0.05) is 29.8 Å². The molecule has 0 amide bonds. The Balaban J connectivity index is 1.47. The smallest absolute Gasteiger partial charge is 0.338 e. The zero-order valence-corrected chi connectivity index (χ0v) is 17.2. The summed E-state index contributed by atoms with van der Waals surface area (Å²) in [6.07, 6.45) is 1.28. The summed E-state index contributed by atoms with van der Waals surface area (Å²) < 4.78 is 12.3. The average Bonchev–Trinajstić information content (AvgIpc) is 3.16. The highest BCUT2D eigenvalue weighted by atomic mass is 35.5. The number of anilines is 1. The number of thiophene rings is 1. The molecule has 0 unspecified atom stereocenters. The van der Waals surface area contributed by atoms with Crippen molar-refractivity contribution in [1.29, 1.82) is 0 Å². The topological polar surface area (TPSA) is 94.7 Å². The first-order valence-electron chi connectivity index (χ1n) is 8.99. The third-order valence-electron chi connectivity index (χ3n) is 4.43. The van der Waals surface area contributed by atoms with E-state index >= 15 is 0 Å². The number of nitrogens with two attached hydrogens (primary N) is 1. The van der Waals surface area contributed by atoms with Crippen molar-refractivity contribution in [3.63, 3.8) is 0 Å². The number of hydrogen-bond acceptors (Lipinski definition) is 6. The van der Waals surface area contributed by atoms with Crippen LogP contribution in [0.2, 0.25) is 5.02 Å². The molecule has 0 aliphatic rings. The highest BCUT2D eigenvalue weighted by Gasteiger charge is 2.17. The predicted molar refractivity (Wildman–Crippen MR) is 118 cm³/mol. The molecule has 0 saturated carbocycles. The van der Waals surface area contributed by atoms with Gasteiger partial charge in [-0.05, 0) is 35.2 Å². The lowest BCUT2D eigenvalue weighted by Gasteiger charge is -2.10. The molecule has 0 atom stereocenters. The first-order valence-corrected chi connectivity index (χ1v) is 10.2. The van der Waals surface area contributed by atoms with Crippen molar-refractivity contribution in [2.24, 2.45) is 0 Å². The van der Waals surface area contributed by atoms with Gasteiger partial charge in [0.25, 0.3) is 0 Å². The zero-order chi connectivity index (χ0) is 21.1. The van der Waals surface area contributed by atoms with Crippen LogP contribution < -0.4 is 15.2 Å². The van der Waals surface area contributed by atoms with E-state index in [-0.39, 0.29) is 18.0 Å². The van der Waals surface area contributed by atoms with Crippen LogP contribution in [-0.2, 0) is 13.2 Å². The predicted octanol–water partition coefficient (Wildman–Crippen LogP) is 5.39. The second kappa shape index (κ2) is 8.61. The molecule has 2 heterocycles. The highest BCUT2D eigenvalue weighted by molar-refractivity contribution is 7.17. The van der Waals surface area contributed by atoms with Gasteiger partial charge in [0.1, 0.15) is 30.5 Å². The van der Waals surface area contributed by atoms with Crippen molar-refractivity contribution in [2.45, 2.75) is 13.2 Å². The molecule has 0 spiro atoms. The van der Waals surface area contributed by atoms with E-state index in [2.05, 4.69) is 4.98 Å². The third kappa shape index (κ3) is 4.32. The molecule has 2 aromatic heterocycles. The number of aromatic carboxylic acids is 1. The first-order chi connectivity index (χ1) is 14.5. The Hall–Kier alpha value is -3.29. The maximum Gasteiger partial charge on any atom is 0.338 e. The van der Waals surface area contributed by atoms with Crippen LogP contribution in [0.1, 0.15) is 21.5 Å². The first kappa shape index (κ1) is 20.0. The molecule has 152 valence electrons. The number of nitrogen functional groups attached to an aromatic ring is 1. The third-order valence-corrected chi connectivity index (χ3v) is 5.72. The van der Waals surface area contributed by atoms with Gasteiger partial charge in [-0.3, -0.25) is 0 Å². The second-order valence-electron chi connectivity index (χ2n) is 6.51. The number of pyridine rings is 1. The van der Waals surface area contributed by atoms with E-state index in [1.807, 2.05) is 47.8 Å². The number of carboxylic acids is 1. The van der Waals surface area contributed by atoms with Crippen LogP contribution in [0.3, 0.4) is 0 Å². The van der Waals surface area contributed by atoms with Crippen LogP contribution in [0.15, 0.2) is 60.1 Å². The standard InChI is InChI=1S/C22H17ClN2O4S/c23-15-4-1-3-13(7-15)10-28-16-5-2-6-17(8-16)29-11-14-12-30-20-18(22(26)27)9-25-21(24)19(14)20/h1-9,12H,10-11H2,(H2,24,25)(H,26,27). The van der Waals surface area contributed by atoms with E-state index in [1.54, 1.807) is 6.07 Å². The molecular formula is C22H17ClN2O4S. The van der Waals surface area contributed by atoms with Crippen molar-refractivity contribution in [3.05, 3.63) is 81.8 Å². The molecule has 6 nitrogen and oxygen atoms in total. The number of hydrogen-bond donors (Lipinski definition) is 2. The number of halogens is 1. The van der Waals surface area contributed by atoms with Gasteiger partial charge in [-0.2, -0.15) is 0 Å². The van der Waals surface area contributed by atoms with Crippen molar-refractivity contribution in [2.75, 3.05) is 5.73 Å². The van der Waals surface area contributed by atoms with E-state index in [0.717, 1.165) is 11.1 Å². The van der Waals surface area contributed by atoms with Crippen molar-refractivity contribution in [3.8, 4) is 11.5 Å². The van der Waals surface area contributed by atoms with Crippen molar-refractivity contribution >= 4 is 44.8 Å². The summed E-state index contributed by atoms with van der Waals surface area (Å²) in [6, 6.07) is 14.8. The van der Waals surface area contributed by atoms with E-state index in [9.17, 15) is 9.90 Å². The van der Waals surface area contributed by atoms with Gasteiger partial charge in [0.2, 0.25) is 0 Å². The number of aromatic nitrogens is 1. The minimum absolute atomic E-state index is 0.131. The van der Waals surface area contributed by atoms with Crippen LogP contribution >= 0.6 is 22.9 Å². The van der Waals surface area contributed by atoms with E-state index in [1.165, 1.54) is 17.5 Å². The van der Waals surface area contributed by atoms with Gasteiger partial charge >= 0.3 is 5.97 Å². The molecule has 0 saturated heterocycles. The Bertz CT molecular complexity index is 1220. The number of rotatable bonds is 7. The summed E-state index contributed by atoms with van der Waals surface area (Å²) in [7, 11) is 0. The lowest BCUT2D eigenvalue weighted by atomic mass is 10.1. The Kier molecular flexibility index (Phi) is 5.74. The Morgan fingerprint density at radius 3 is 2.57 bits per heavy atom. The summed E-state index contributed by atoms with van der Waals surface area (Å²) >= 11 is 7.31. The van der Waals surface area contributed by atoms with Gasteiger partial charge in [0.05, 0.1) is 10.3 Å². The molecule has 0 aliphatic heterocycles. The monoisotopic (exact) mass is 440 g/mol. The van der Waals surface area contributed by atoms with E-state index < -0.39 is 5.97 Å².